The number of anilines is 3. The Morgan fingerprint density at radius 1 is 0.293 bits per heavy atom. The predicted octanol–water partition coefficient (Wildman–Crippen LogP) is 14.5. The van der Waals surface area contributed by atoms with E-state index in [0.717, 1.165) is 17.1 Å². The molecule has 1 heteroatoms. The first-order valence-corrected chi connectivity index (χ1v) is 20.3. The molecular formula is C57H41N. The highest BCUT2D eigenvalue weighted by molar-refractivity contribution is 5.90. The molecule has 0 heterocycles. The lowest BCUT2D eigenvalue weighted by Gasteiger charge is -2.35. The van der Waals surface area contributed by atoms with Crippen LogP contribution < -0.4 is 4.90 Å². The highest BCUT2D eigenvalue weighted by Crippen LogP contribution is 2.58. The molecule has 9 aromatic rings. The van der Waals surface area contributed by atoms with E-state index in [2.05, 4.69) is 242 Å². The molecule has 58 heavy (non-hydrogen) atoms. The van der Waals surface area contributed by atoms with E-state index in [4.69, 9.17) is 0 Å². The summed E-state index contributed by atoms with van der Waals surface area (Å²) >= 11 is 0. The highest BCUT2D eigenvalue weighted by atomic mass is 15.1. The standard InChI is InChI=1S/C57H41N/c1-56(51-30-13-9-26-47(51)48-27-10-14-31-52(48)56)41-35-37-44(38-36-41)58(43-22-6-3-7-23-43)45-24-18-19-40(39-45)46-25-8-15-32-53(46)57(42-20-4-2-5-21-42)54-33-16-11-28-49(54)50-29-12-17-34-55(50)57/h2-39H,1H3. The van der Waals surface area contributed by atoms with Gasteiger partial charge in [0, 0.05) is 22.5 Å². The average molecular weight is 740 g/mol. The van der Waals surface area contributed by atoms with Crippen molar-refractivity contribution in [2.45, 2.75) is 17.8 Å². The van der Waals surface area contributed by atoms with Crippen LogP contribution in [-0.2, 0) is 10.8 Å². The lowest BCUT2D eigenvalue weighted by molar-refractivity contribution is 0.714. The zero-order chi connectivity index (χ0) is 38.7. The van der Waals surface area contributed by atoms with E-state index in [1.807, 2.05) is 0 Å². The fourth-order valence-electron chi connectivity index (χ4n) is 10.3. The summed E-state index contributed by atoms with van der Waals surface area (Å²) in [5.41, 5.74) is 19.4. The Bertz CT molecular complexity index is 2870. The third-order valence-corrected chi connectivity index (χ3v) is 12.8. The molecular weight excluding hydrogens is 699 g/mol. The van der Waals surface area contributed by atoms with Crippen LogP contribution in [0.2, 0.25) is 0 Å². The zero-order valence-corrected chi connectivity index (χ0v) is 32.4. The Kier molecular flexibility index (Phi) is 7.91. The summed E-state index contributed by atoms with van der Waals surface area (Å²) in [6.07, 6.45) is 0. The van der Waals surface area contributed by atoms with Crippen molar-refractivity contribution in [1.82, 2.24) is 0 Å². The van der Waals surface area contributed by atoms with Crippen LogP contribution in [0.15, 0.2) is 231 Å². The van der Waals surface area contributed by atoms with Gasteiger partial charge in [-0.1, -0.05) is 194 Å². The third-order valence-electron chi connectivity index (χ3n) is 12.8. The fraction of sp³-hybridized carbons (Fsp3) is 0.0526. The van der Waals surface area contributed by atoms with Gasteiger partial charge in [0.15, 0.2) is 0 Å². The summed E-state index contributed by atoms with van der Waals surface area (Å²) in [6.45, 7) is 2.38. The number of para-hydroxylation sites is 1. The van der Waals surface area contributed by atoms with Crippen LogP contribution in [0.5, 0.6) is 0 Å². The van der Waals surface area contributed by atoms with Gasteiger partial charge in [-0.15, -0.1) is 0 Å². The van der Waals surface area contributed by atoms with Gasteiger partial charge in [0.1, 0.15) is 0 Å². The van der Waals surface area contributed by atoms with E-state index < -0.39 is 5.41 Å². The molecule has 0 aromatic heterocycles. The van der Waals surface area contributed by atoms with Gasteiger partial charge in [0.05, 0.1) is 5.41 Å². The molecule has 0 unspecified atom stereocenters. The minimum absolute atomic E-state index is 0.251. The van der Waals surface area contributed by atoms with Crippen molar-refractivity contribution in [2.75, 3.05) is 4.90 Å². The monoisotopic (exact) mass is 739 g/mol. The van der Waals surface area contributed by atoms with Gasteiger partial charge in [-0.3, -0.25) is 0 Å². The molecule has 274 valence electrons. The number of hydrogen-bond donors (Lipinski definition) is 0. The molecule has 9 aromatic carbocycles. The van der Waals surface area contributed by atoms with Crippen LogP contribution in [0.1, 0.15) is 45.9 Å². The number of fused-ring (bicyclic) bond motifs is 6. The maximum absolute atomic E-state index is 2.39. The van der Waals surface area contributed by atoms with Crippen molar-refractivity contribution < 1.29 is 0 Å². The van der Waals surface area contributed by atoms with E-state index in [1.165, 1.54) is 72.3 Å². The molecule has 0 aliphatic heterocycles. The Balaban J connectivity index is 1.06. The maximum Gasteiger partial charge on any atom is 0.0719 e. The van der Waals surface area contributed by atoms with Crippen LogP contribution in [0.3, 0.4) is 0 Å². The Morgan fingerprint density at radius 2 is 0.690 bits per heavy atom. The van der Waals surface area contributed by atoms with E-state index in [0.29, 0.717) is 0 Å². The van der Waals surface area contributed by atoms with E-state index in [1.54, 1.807) is 0 Å². The van der Waals surface area contributed by atoms with Gasteiger partial charge < -0.3 is 4.90 Å². The summed E-state index contributed by atoms with van der Waals surface area (Å²) in [7, 11) is 0. The van der Waals surface area contributed by atoms with Crippen LogP contribution in [-0.4, -0.2) is 0 Å². The Hall–Kier alpha value is -7.22. The predicted molar refractivity (Wildman–Crippen MR) is 241 cm³/mol. The molecule has 0 amide bonds. The molecule has 0 atom stereocenters. The molecule has 0 spiro atoms. The molecule has 1 nitrogen and oxygen atoms in total. The summed E-state index contributed by atoms with van der Waals surface area (Å²) in [5.74, 6) is 0. The molecule has 0 saturated heterocycles. The molecule has 2 aliphatic rings. The summed E-state index contributed by atoms with van der Waals surface area (Å²) < 4.78 is 0. The normalized spacial score (nSPS) is 13.9. The van der Waals surface area contributed by atoms with Gasteiger partial charge in [-0.2, -0.15) is 0 Å². The molecule has 0 saturated carbocycles. The van der Waals surface area contributed by atoms with Gasteiger partial charge in [0.2, 0.25) is 0 Å². The second kappa shape index (κ2) is 13.5. The summed E-state index contributed by atoms with van der Waals surface area (Å²) in [4.78, 5) is 2.39. The lowest BCUT2D eigenvalue weighted by Crippen LogP contribution is -2.29. The van der Waals surface area contributed by atoms with Crippen LogP contribution >= 0.6 is 0 Å². The maximum atomic E-state index is 2.39. The van der Waals surface area contributed by atoms with Crippen molar-refractivity contribution in [1.29, 1.82) is 0 Å². The summed E-state index contributed by atoms with van der Waals surface area (Å²) in [5, 5.41) is 0. The molecule has 0 fully saturated rings. The van der Waals surface area contributed by atoms with E-state index in [-0.39, 0.29) is 5.41 Å². The minimum Gasteiger partial charge on any atom is -0.310 e. The molecule has 11 rings (SSSR count). The van der Waals surface area contributed by atoms with E-state index in [9.17, 15) is 0 Å². The average Bonchev–Trinajstić information content (AvgIpc) is 3.75. The Labute approximate surface area is 341 Å². The second-order valence-electron chi connectivity index (χ2n) is 15.7. The number of hydrogen-bond acceptors (Lipinski definition) is 1. The molecule has 0 bridgehead atoms. The minimum atomic E-state index is -0.496. The Morgan fingerprint density at radius 3 is 1.24 bits per heavy atom. The first kappa shape index (κ1) is 34.1. The highest BCUT2D eigenvalue weighted by Gasteiger charge is 2.47. The van der Waals surface area contributed by atoms with Gasteiger partial charge in [-0.25, -0.2) is 0 Å². The van der Waals surface area contributed by atoms with Gasteiger partial charge in [-0.05, 0) is 116 Å². The SMILES string of the molecule is CC1(c2ccc(N(c3ccccc3)c3cccc(-c4ccccc4C4(c5ccccc5)c5ccccc5-c5ccccc54)c3)cc2)c2ccccc2-c2ccccc21. The van der Waals surface area contributed by atoms with Crippen LogP contribution in [0, 0.1) is 0 Å². The molecule has 0 N–H and O–H groups in total. The van der Waals surface area contributed by atoms with Crippen molar-refractivity contribution in [3.8, 4) is 33.4 Å². The topological polar surface area (TPSA) is 3.24 Å². The van der Waals surface area contributed by atoms with Crippen molar-refractivity contribution >= 4 is 17.1 Å². The smallest absolute Gasteiger partial charge is 0.0719 e. The largest absolute Gasteiger partial charge is 0.310 e. The van der Waals surface area contributed by atoms with Gasteiger partial charge >= 0.3 is 0 Å². The van der Waals surface area contributed by atoms with Crippen LogP contribution in [0.25, 0.3) is 33.4 Å². The van der Waals surface area contributed by atoms with Crippen molar-refractivity contribution in [3.63, 3.8) is 0 Å². The molecule has 0 radical (unpaired) electrons. The molecule has 2 aliphatic carbocycles. The lowest BCUT2D eigenvalue weighted by atomic mass is 9.66. The van der Waals surface area contributed by atoms with Crippen molar-refractivity contribution in [3.05, 3.63) is 269 Å². The quantitative estimate of drug-likeness (QED) is 0.157. The second-order valence-corrected chi connectivity index (χ2v) is 15.7. The number of benzene rings is 9. The number of rotatable bonds is 7. The van der Waals surface area contributed by atoms with Gasteiger partial charge in [0.25, 0.3) is 0 Å². The fourth-order valence-corrected chi connectivity index (χ4v) is 10.3. The summed E-state index contributed by atoms with van der Waals surface area (Å²) in [6, 6.07) is 85.0. The van der Waals surface area contributed by atoms with Crippen LogP contribution in [0.4, 0.5) is 17.1 Å². The van der Waals surface area contributed by atoms with E-state index >= 15 is 0 Å². The first-order chi connectivity index (χ1) is 28.7. The number of nitrogens with zero attached hydrogens (tertiary/aromatic N) is 1. The third kappa shape index (κ3) is 4.96. The first-order valence-electron chi connectivity index (χ1n) is 20.3. The zero-order valence-electron chi connectivity index (χ0n) is 32.4. The van der Waals surface area contributed by atoms with Crippen molar-refractivity contribution in [2.24, 2.45) is 0 Å².